The number of benzene rings is 1. The summed E-state index contributed by atoms with van der Waals surface area (Å²) in [5.41, 5.74) is 2.10. The summed E-state index contributed by atoms with van der Waals surface area (Å²) in [6.07, 6.45) is 2.46. The third-order valence-electron chi connectivity index (χ3n) is 2.81. The van der Waals surface area contributed by atoms with Crippen LogP contribution in [0.5, 0.6) is 0 Å². The van der Waals surface area contributed by atoms with Crippen molar-refractivity contribution in [1.29, 1.82) is 0 Å². The first kappa shape index (κ1) is 13.7. The second-order valence-electron chi connectivity index (χ2n) is 4.25. The summed E-state index contributed by atoms with van der Waals surface area (Å²) in [5.74, 6) is 0.424. The Kier molecular flexibility index (Phi) is 4.32. The van der Waals surface area contributed by atoms with Gasteiger partial charge in [-0.25, -0.2) is 14.4 Å². The first-order valence-corrected chi connectivity index (χ1v) is 6.52. The van der Waals surface area contributed by atoms with Gasteiger partial charge in [0.15, 0.2) is 0 Å². The average Bonchev–Trinajstić information content (AvgIpc) is 2.41. The second kappa shape index (κ2) is 5.97. The summed E-state index contributed by atoms with van der Waals surface area (Å²) >= 11 is 6.11. The summed E-state index contributed by atoms with van der Waals surface area (Å²) in [5, 5.41) is 3.70. The van der Waals surface area contributed by atoms with Gasteiger partial charge >= 0.3 is 0 Å². The highest BCUT2D eigenvalue weighted by atomic mass is 35.5. The fourth-order valence-electron chi connectivity index (χ4n) is 1.82. The van der Waals surface area contributed by atoms with Crippen LogP contribution in [-0.4, -0.2) is 16.5 Å². The van der Waals surface area contributed by atoms with Crippen molar-refractivity contribution >= 4 is 17.4 Å². The summed E-state index contributed by atoms with van der Waals surface area (Å²) in [6, 6.07) is 4.26. The molecule has 0 saturated carbocycles. The van der Waals surface area contributed by atoms with Crippen molar-refractivity contribution in [3.05, 3.63) is 40.9 Å². The number of hydrogen-bond acceptors (Lipinski definition) is 3. The first-order valence-electron chi connectivity index (χ1n) is 6.14. The zero-order chi connectivity index (χ0) is 13.8. The zero-order valence-corrected chi connectivity index (χ0v) is 11.6. The maximum atomic E-state index is 13.4. The number of aromatic nitrogens is 2. The molecule has 1 aromatic heterocycles. The number of rotatable bonds is 4. The van der Waals surface area contributed by atoms with Crippen molar-refractivity contribution in [3.63, 3.8) is 0 Å². The molecule has 0 spiro atoms. The summed E-state index contributed by atoms with van der Waals surface area (Å²) in [7, 11) is 0. The van der Waals surface area contributed by atoms with Crippen LogP contribution in [0.3, 0.4) is 0 Å². The molecule has 5 heteroatoms. The minimum absolute atomic E-state index is 0.333. The van der Waals surface area contributed by atoms with Crippen LogP contribution in [0, 0.1) is 12.7 Å². The predicted octanol–water partition coefficient (Wildman–Crippen LogP) is 4.07. The minimum atomic E-state index is -0.333. The molecule has 2 rings (SSSR count). The Bertz CT molecular complexity index is 587. The van der Waals surface area contributed by atoms with Crippen LogP contribution in [-0.2, 0) is 0 Å². The molecule has 0 aliphatic rings. The van der Waals surface area contributed by atoms with E-state index in [4.69, 9.17) is 11.6 Å². The first-order chi connectivity index (χ1) is 9.13. The van der Waals surface area contributed by atoms with E-state index < -0.39 is 0 Å². The van der Waals surface area contributed by atoms with E-state index >= 15 is 0 Å². The highest BCUT2D eigenvalue weighted by Gasteiger charge is 2.12. The van der Waals surface area contributed by atoms with E-state index in [0.29, 0.717) is 16.3 Å². The van der Waals surface area contributed by atoms with Gasteiger partial charge in [-0.15, -0.1) is 0 Å². The quantitative estimate of drug-likeness (QED) is 0.917. The van der Waals surface area contributed by atoms with Crippen LogP contribution in [0.15, 0.2) is 24.5 Å². The molecule has 0 amide bonds. The fourth-order valence-corrected chi connectivity index (χ4v) is 2.03. The van der Waals surface area contributed by atoms with Gasteiger partial charge in [-0.3, -0.25) is 0 Å². The Morgan fingerprint density at radius 2 is 2.11 bits per heavy atom. The maximum Gasteiger partial charge on any atom is 0.132 e. The van der Waals surface area contributed by atoms with Crippen molar-refractivity contribution in [3.8, 4) is 11.3 Å². The molecular weight excluding hydrogens is 265 g/mol. The lowest BCUT2D eigenvalue weighted by Gasteiger charge is -2.12. The van der Waals surface area contributed by atoms with Crippen molar-refractivity contribution in [2.45, 2.75) is 20.3 Å². The molecule has 0 unspecified atom stereocenters. The van der Waals surface area contributed by atoms with E-state index in [0.717, 1.165) is 24.3 Å². The summed E-state index contributed by atoms with van der Waals surface area (Å²) < 4.78 is 13.4. The molecule has 19 heavy (non-hydrogen) atoms. The molecule has 3 nitrogen and oxygen atoms in total. The van der Waals surface area contributed by atoms with E-state index in [9.17, 15) is 4.39 Å². The Morgan fingerprint density at radius 3 is 2.84 bits per heavy atom. The highest BCUT2D eigenvalue weighted by molar-refractivity contribution is 6.33. The number of hydrogen-bond donors (Lipinski definition) is 1. The number of anilines is 1. The molecule has 0 saturated heterocycles. The molecule has 2 aromatic rings. The van der Waals surface area contributed by atoms with Crippen LogP contribution in [0.1, 0.15) is 18.9 Å². The van der Waals surface area contributed by atoms with Crippen LogP contribution >= 0.6 is 11.6 Å². The van der Waals surface area contributed by atoms with E-state index in [1.54, 1.807) is 0 Å². The van der Waals surface area contributed by atoms with Crippen molar-refractivity contribution < 1.29 is 4.39 Å². The van der Waals surface area contributed by atoms with Crippen LogP contribution in [0.4, 0.5) is 10.2 Å². The van der Waals surface area contributed by atoms with Gasteiger partial charge in [-0.2, -0.15) is 0 Å². The Labute approximate surface area is 116 Å². The van der Waals surface area contributed by atoms with Gasteiger partial charge in [-0.1, -0.05) is 18.5 Å². The van der Waals surface area contributed by atoms with Gasteiger partial charge in [0.05, 0.1) is 10.7 Å². The minimum Gasteiger partial charge on any atom is -0.370 e. The van der Waals surface area contributed by atoms with Crippen LogP contribution in [0.2, 0.25) is 5.02 Å². The maximum absolute atomic E-state index is 13.4. The Morgan fingerprint density at radius 1 is 1.32 bits per heavy atom. The fraction of sp³-hybridized carbons (Fsp3) is 0.286. The van der Waals surface area contributed by atoms with Crippen molar-refractivity contribution in [2.24, 2.45) is 0 Å². The molecule has 0 aliphatic heterocycles. The largest absolute Gasteiger partial charge is 0.370 e. The Balaban J connectivity index is 2.47. The number of nitrogens with zero attached hydrogens (tertiary/aromatic N) is 2. The van der Waals surface area contributed by atoms with E-state index in [-0.39, 0.29) is 5.82 Å². The third-order valence-corrected chi connectivity index (χ3v) is 3.14. The topological polar surface area (TPSA) is 37.8 Å². The molecule has 0 bridgehead atoms. The lowest BCUT2D eigenvalue weighted by Crippen LogP contribution is -2.05. The van der Waals surface area contributed by atoms with E-state index in [1.165, 1.54) is 24.5 Å². The average molecular weight is 280 g/mol. The molecule has 0 radical (unpaired) electrons. The Hall–Kier alpha value is -1.68. The second-order valence-corrected chi connectivity index (χ2v) is 4.65. The van der Waals surface area contributed by atoms with Gasteiger partial charge in [0.1, 0.15) is 18.0 Å². The van der Waals surface area contributed by atoms with Gasteiger partial charge in [0, 0.05) is 17.7 Å². The van der Waals surface area contributed by atoms with Gasteiger partial charge in [0.2, 0.25) is 0 Å². The van der Waals surface area contributed by atoms with Crippen LogP contribution in [0.25, 0.3) is 11.3 Å². The normalized spacial score (nSPS) is 10.5. The predicted molar refractivity (Wildman–Crippen MR) is 76.0 cm³/mol. The van der Waals surface area contributed by atoms with Crippen molar-refractivity contribution in [2.75, 3.05) is 11.9 Å². The SMILES string of the molecule is CCCNc1ncnc(-c2cc(F)ccc2Cl)c1C. The van der Waals surface area contributed by atoms with Crippen LogP contribution < -0.4 is 5.32 Å². The van der Waals surface area contributed by atoms with Gasteiger partial charge in [-0.05, 0) is 31.5 Å². The number of halogens is 2. The molecule has 0 aliphatic carbocycles. The van der Waals surface area contributed by atoms with Gasteiger partial charge < -0.3 is 5.32 Å². The molecule has 1 N–H and O–H groups in total. The smallest absolute Gasteiger partial charge is 0.132 e. The highest BCUT2D eigenvalue weighted by Crippen LogP contribution is 2.31. The lowest BCUT2D eigenvalue weighted by molar-refractivity contribution is 0.628. The summed E-state index contributed by atoms with van der Waals surface area (Å²) in [4.78, 5) is 8.41. The van der Waals surface area contributed by atoms with E-state index in [1.807, 2.05) is 6.92 Å². The molecule has 1 heterocycles. The molecule has 0 atom stereocenters. The van der Waals surface area contributed by atoms with Gasteiger partial charge in [0.25, 0.3) is 0 Å². The van der Waals surface area contributed by atoms with E-state index in [2.05, 4.69) is 22.2 Å². The molecule has 1 aromatic carbocycles. The summed E-state index contributed by atoms with van der Waals surface area (Å²) in [6.45, 7) is 4.80. The molecule has 100 valence electrons. The molecule has 0 fully saturated rings. The lowest BCUT2D eigenvalue weighted by atomic mass is 10.1. The monoisotopic (exact) mass is 279 g/mol. The number of nitrogens with one attached hydrogen (secondary N) is 1. The zero-order valence-electron chi connectivity index (χ0n) is 10.9. The van der Waals surface area contributed by atoms with Crippen molar-refractivity contribution in [1.82, 2.24) is 9.97 Å². The molecular formula is C14H15ClFN3. The standard InChI is InChI=1S/C14H15ClFN3/c1-3-6-17-14-9(2)13(18-8-19-14)11-7-10(16)4-5-12(11)15/h4-5,7-8H,3,6H2,1-2H3,(H,17,18,19). The third kappa shape index (κ3) is 3.01.